The van der Waals surface area contributed by atoms with Gasteiger partial charge in [0.15, 0.2) is 11.2 Å². The largest absolute Gasteiger partial charge is 0.454 e. The number of hydrogen-bond donors (Lipinski definition) is 0. The van der Waals surface area contributed by atoms with Gasteiger partial charge in [-0.25, -0.2) is 0 Å². The fourth-order valence-corrected chi connectivity index (χ4v) is 5.93. The maximum absolute atomic E-state index is 6.03. The first kappa shape index (κ1) is 20.6. The lowest BCUT2D eigenvalue weighted by molar-refractivity contribution is 0.667. The number of rotatable bonds is 2. The van der Waals surface area contributed by atoms with Crippen LogP contribution < -0.4 is 0 Å². The van der Waals surface area contributed by atoms with Gasteiger partial charge in [-0.05, 0) is 83.9 Å². The molecule has 4 aromatic carbocycles. The van der Waals surface area contributed by atoms with Gasteiger partial charge in [0, 0.05) is 39.6 Å². The Hall–Kier alpha value is -5.42. The van der Waals surface area contributed by atoms with Crippen LogP contribution in [0.15, 0.2) is 124 Å². The van der Waals surface area contributed by atoms with Crippen LogP contribution in [0.5, 0.6) is 0 Å². The van der Waals surface area contributed by atoms with E-state index in [4.69, 9.17) is 8.83 Å². The van der Waals surface area contributed by atoms with Gasteiger partial charge in [0.25, 0.3) is 0 Å². The number of fused-ring (bicyclic) bond motifs is 9. The van der Waals surface area contributed by atoms with E-state index in [9.17, 15) is 0 Å². The van der Waals surface area contributed by atoms with Crippen LogP contribution in [0, 0.1) is 0 Å². The Kier molecular flexibility index (Phi) is 3.99. The quantitative estimate of drug-likeness (QED) is 0.237. The fourth-order valence-electron chi connectivity index (χ4n) is 5.93. The molecule has 0 bridgehead atoms. The Balaban J connectivity index is 1.28. The van der Waals surface area contributed by atoms with Gasteiger partial charge in [0.05, 0.1) is 11.0 Å². The van der Waals surface area contributed by atoms with Crippen LogP contribution in [0.3, 0.4) is 0 Å². The molecule has 5 nitrogen and oxygen atoms in total. The third-order valence-electron chi connectivity index (χ3n) is 7.70. The zero-order chi connectivity index (χ0) is 25.5. The standard InChI is InChI=1S/C34H19N3O2/c1-2-6-27-23(5-1)24-17-20(21-10-13-29-25(18-21)33-31(38-29)7-3-15-35-33)9-12-28(24)37(27)22-11-14-30-26(19-22)34-32(39-30)8-4-16-36-34/h1-19H. The summed E-state index contributed by atoms with van der Waals surface area (Å²) >= 11 is 0. The minimum Gasteiger partial charge on any atom is -0.454 e. The van der Waals surface area contributed by atoms with Gasteiger partial charge in [0.1, 0.15) is 22.2 Å². The highest BCUT2D eigenvalue weighted by Crippen LogP contribution is 2.38. The van der Waals surface area contributed by atoms with Crippen molar-refractivity contribution in [1.82, 2.24) is 14.5 Å². The molecular weight excluding hydrogens is 482 g/mol. The minimum atomic E-state index is 0.800. The number of benzene rings is 4. The first-order valence-corrected chi connectivity index (χ1v) is 12.9. The predicted octanol–water partition coefficient (Wildman–Crippen LogP) is 9.04. The van der Waals surface area contributed by atoms with E-state index in [0.29, 0.717) is 0 Å². The lowest BCUT2D eigenvalue weighted by Gasteiger charge is -2.08. The minimum absolute atomic E-state index is 0.800. The molecular formula is C34H19N3O2. The van der Waals surface area contributed by atoms with E-state index >= 15 is 0 Å². The molecule has 9 aromatic rings. The van der Waals surface area contributed by atoms with Gasteiger partial charge in [-0.2, -0.15) is 0 Å². The highest BCUT2D eigenvalue weighted by molar-refractivity contribution is 6.12. The second kappa shape index (κ2) is 7.55. The van der Waals surface area contributed by atoms with Crippen molar-refractivity contribution in [3.05, 3.63) is 116 Å². The summed E-state index contributed by atoms with van der Waals surface area (Å²) in [4.78, 5) is 9.14. The summed E-state index contributed by atoms with van der Waals surface area (Å²) in [6, 6.07) is 35.7. The molecule has 0 N–H and O–H groups in total. The summed E-state index contributed by atoms with van der Waals surface area (Å²) in [5, 5.41) is 4.45. The average Bonchev–Trinajstić information content (AvgIpc) is 3.65. The molecule has 0 radical (unpaired) electrons. The summed E-state index contributed by atoms with van der Waals surface area (Å²) in [6.07, 6.45) is 3.62. The number of nitrogens with zero attached hydrogens (tertiary/aromatic N) is 3. The van der Waals surface area contributed by atoms with E-state index in [1.165, 1.54) is 10.8 Å². The normalized spacial score (nSPS) is 12.1. The van der Waals surface area contributed by atoms with Gasteiger partial charge >= 0.3 is 0 Å². The topological polar surface area (TPSA) is 57.0 Å². The van der Waals surface area contributed by atoms with Crippen LogP contribution >= 0.6 is 0 Å². The molecule has 0 amide bonds. The highest BCUT2D eigenvalue weighted by Gasteiger charge is 2.16. The molecule has 39 heavy (non-hydrogen) atoms. The van der Waals surface area contributed by atoms with E-state index < -0.39 is 0 Å². The van der Waals surface area contributed by atoms with Gasteiger partial charge in [-0.15, -0.1) is 0 Å². The van der Waals surface area contributed by atoms with Crippen LogP contribution in [0.25, 0.3) is 82.8 Å². The zero-order valence-corrected chi connectivity index (χ0v) is 20.6. The summed E-state index contributed by atoms with van der Waals surface area (Å²) < 4.78 is 14.4. The monoisotopic (exact) mass is 501 g/mol. The molecule has 0 aliphatic rings. The van der Waals surface area contributed by atoms with Crippen molar-refractivity contribution in [2.75, 3.05) is 0 Å². The zero-order valence-electron chi connectivity index (χ0n) is 20.6. The van der Waals surface area contributed by atoms with Gasteiger partial charge in [0.2, 0.25) is 0 Å². The molecule has 0 aliphatic carbocycles. The molecule has 0 aliphatic heterocycles. The van der Waals surface area contributed by atoms with Crippen LogP contribution in [0.1, 0.15) is 0 Å². The van der Waals surface area contributed by atoms with Crippen molar-refractivity contribution in [1.29, 1.82) is 0 Å². The van der Waals surface area contributed by atoms with Gasteiger partial charge in [-0.1, -0.05) is 30.3 Å². The molecule has 9 rings (SSSR count). The van der Waals surface area contributed by atoms with Crippen molar-refractivity contribution in [2.24, 2.45) is 0 Å². The number of pyridine rings is 2. The lowest BCUT2D eigenvalue weighted by atomic mass is 10.0. The number of aromatic nitrogens is 3. The van der Waals surface area contributed by atoms with E-state index in [1.54, 1.807) is 0 Å². The molecule has 0 fully saturated rings. The smallest absolute Gasteiger partial charge is 0.153 e. The lowest BCUT2D eigenvalue weighted by Crippen LogP contribution is -1.93. The number of furan rings is 2. The van der Waals surface area contributed by atoms with Gasteiger partial charge in [-0.3, -0.25) is 9.97 Å². The van der Waals surface area contributed by atoms with Gasteiger partial charge < -0.3 is 13.4 Å². The Labute approximate surface area is 221 Å². The van der Waals surface area contributed by atoms with Crippen molar-refractivity contribution < 1.29 is 8.83 Å². The van der Waals surface area contributed by atoms with E-state index in [2.05, 4.69) is 81.3 Å². The second-order valence-electron chi connectivity index (χ2n) is 9.88. The third kappa shape index (κ3) is 2.90. The molecule has 0 atom stereocenters. The maximum atomic E-state index is 6.03. The molecule has 0 spiro atoms. The summed E-state index contributed by atoms with van der Waals surface area (Å²) in [5.74, 6) is 0. The van der Waals surface area contributed by atoms with Crippen LogP contribution in [-0.2, 0) is 0 Å². The van der Waals surface area contributed by atoms with Crippen LogP contribution in [-0.4, -0.2) is 14.5 Å². The SMILES string of the molecule is c1cnc2c(c1)oc1ccc(-c3ccc4c(c3)c3ccccc3n4-c3ccc4oc5cccnc5c4c3)cc12. The number of para-hydroxylation sites is 1. The first-order valence-electron chi connectivity index (χ1n) is 12.9. The fraction of sp³-hybridized carbons (Fsp3) is 0. The van der Waals surface area contributed by atoms with Crippen LogP contribution in [0.2, 0.25) is 0 Å². The van der Waals surface area contributed by atoms with E-state index in [0.717, 1.165) is 72.0 Å². The van der Waals surface area contributed by atoms with Crippen molar-refractivity contribution >= 4 is 65.9 Å². The first-order chi connectivity index (χ1) is 19.3. The Morgan fingerprint density at radius 1 is 0.462 bits per heavy atom. The van der Waals surface area contributed by atoms with Crippen LogP contribution in [0.4, 0.5) is 0 Å². The summed E-state index contributed by atoms with van der Waals surface area (Å²) in [6.45, 7) is 0. The Bertz CT molecular complexity index is 2410. The Morgan fingerprint density at radius 2 is 1.08 bits per heavy atom. The molecule has 0 saturated carbocycles. The molecule has 0 unspecified atom stereocenters. The predicted molar refractivity (Wildman–Crippen MR) is 156 cm³/mol. The van der Waals surface area contributed by atoms with E-state index in [-0.39, 0.29) is 0 Å². The average molecular weight is 502 g/mol. The van der Waals surface area contributed by atoms with Crippen molar-refractivity contribution in [3.63, 3.8) is 0 Å². The molecule has 5 heterocycles. The summed E-state index contributed by atoms with van der Waals surface area (Å²) in [5.41, 5.74) is 10.7. The summed E-state index contributed by atoms with van der Waals surface area (Å²) in [7, 11) is 0. The molecule has 5 aromatic heterocycles. The van der Waals surface area contributed by atoms with Crippen molar-refractivity contribution in [3.8, 4) is 16.8 Å². The number of hydrogen-bond acceptors (Lipinski definition) is 4. The highest BCUT2D eigenvalue weighted by atomic mass is 16.3. The molecule has 5 heteroatoms. The van der Waals surface area contributed by atoms with Crippen molar-refractivity contribution in [2.45, 2.75) is 0 Å². The third-order valence-corrected chi connectivity index (χ3v) is 7.70. The Morgan fingerprint density at radius 3 is 1.85 bits per heavy atom. The second-order valence-corrected chi connectivity index (χ2v) is 9.88. The van der Waals surface area contributed by atoms with E-state index in [1.807, 2.05) is 48.8 Å². The maximum Gasteiger partial charge on any atom is 0.153 e. The molecule has 0 saturated heterocycles. The molecule has 182 valence electrons.